The van der Waals surface area contributed by atoms with Gasteiger partial charge in [-0.05, 0) is 43.5 Å². The molecule has 1 aliphatic rings. The fourth-order valence-corrected chi connectivity index (χ4v) is 4.60. The quantitative estimate of drug-likeness (QED) is 0.654. The van der Waals surface area contributed by atoms with E-state index in [4.69, 9.17) is 11.6 Å². The lowest BCUT2D eigenvalue weighted by atomic mass is 9.95. The summed E-state index contributed by atoms with van der Waals surface area (Å²) in [6, 6.07) is 6.38. The molecule has 0 aliphatic carbocycles. The number of benzene rings is 1. The fraction of sp³-hybridized carbons (Fsp3) is 0.350. The van der Waals surface area contributed by atoms with E-state index in [1.807, 2.05) is 0 Å². The Morgan fingerprint density at radius 1 is 1.32 bits per heavy atom. The van der Waals surface area contributed by atoms with E-state index in [0.717, 1.165) is 48.4 Å². The molecule has 3 aromatic rings. The summed E-state index contributed by atoms with van der Waals surface area (Å²) in [4.78, 5) is 26.0. The van der Waals surface area contributed by atoms with Gasteiger partial charge in [-0.15, -0.1) is 11.3 Å². The van der Waals surface area contributed by atoms with Crippen LogP contribution in [0.3, 0.4) is 0 Å². The molecule has 1 aromatic carbocycles. The molecular formula is C20H20ClFN4OS. The molecule has 0 unspecified atom stereocenters. The van der Waals surface area contributed by atoms with Crippen LogP contribution in [0, 0.1) is 11.7 Å². The van der Waals surface area contributed by atoms with E-state index >= 15 is 0 Å². The minimum absolute atomic E-state index is 0.00242. The smallest absolute Gasteiger partial charge is 0.227 e. The Balaban J connectivity index is 1.42. The second-order valence-electron chi connectivity index (χ2n) is 6.86. The first-order valence-corrected chi connectivity index (χ1v) is 10.5. The number of nitrogens with one attached hydrogen (secondary N) is 1. The lowest BCUT2D eigenvalue weighted by Crippen LogP contribution is -2.38. The summed E-state index contributed by atoms with van der Waals surface area (Å²) in [5, 5.41) is 3.94. The highest BCUT2D eigenvalue weighted by Crippen LogP contribution is 2.32. The number of anilines is 2. The van der Waals surface area contributed by atoms with Crippen molar-refractivity contribution < 1.29 is 9.18 Å². The molecule has 1 amide bonds. The van der Waals surface area contributed by atoms with Crippen molar-refractivity contribution in [2.75, 3.05) is 23.3 Å². The number of hydrogen-bond acceptors (Lipinski definition) is 5. The molecule has 4 rings (SSSR count). The van der Waals surface area contributed by atoms with Gasteiger partial charge in [-0.2, -0.15) is 0 Å². The zero-order chi connectivity index (χ0) is 19.7. The number of thiophene rings is 1. The first-order chi connectivity index (χ1) is 13.5. The van der Waals surface area contributed by atoms with Crippen molar-refractivity contribution in [3.63, 3.8) is 0 Å². The minimum Gasteiger partial charge on any atom is -0.356 e. The van der Waals surface area contributed by atoms with E-state index in [1.54, 1.807) is 17.7 Å². The zero-order valence-corrected chi connectivity index (χ0v) is 17.0. The Morgan fingerprint density at radius 2 is 2.11 bits per heavy atom. The van der Waals surface area contributed by atoms with Crippen LogP contribution in [0.4, 0.5) is 15.9 Å². The normalized spacial score (nSPS) is 15.2. The molecule has 0 spiro atoms. The van der Waals surface area contributed by atoms with Gasteiger partial charge in [0.05, 0.1) is 10.4 Å². The van der Waals surface area contributed by atoms with Gasteiger partial charge in [0, 0.05) is 29.6 Å². The third kappa shape index (κ3) is 3.82. The van der Waals surface area contributed by atoms with Crippen molar-refractivity contribution in [1.29, 1.82) is 0 Å². The predicted molar refractivity (Wildman–Crippen MR) is 112 cm³/mol. The van der Waals surface area contributed by atoms with E-state index in [0.29, 0.717) is 5.69 Å². The van der Waals surface area contributed by atoms with E-state index in [9.17, 15) is 9.18 Å². The lowest BCUT2D eigenvalue weighted by Gasteiger charge is -2.32. The topological polar surface area (TPSA) is 58.1 Å². The number of hydrogen-bond donors (Lipinski definition) is 1. The Bertz CT molecular complexity index is 1020. The highest BCUT2D eigenvalue weighted by Gasteiger charge is 2.27. The average Bonchev–Trinajstić information content (AvgIpc) is 3.14. The number of aryl methyl sites for hydroxylation is 1. The molecule has 0 bridgehead atoms. The molecule has 0 saturated carbocycles. The van der Waals surface area contributed by atoms with Crippen LogP contribution in [0.15, 0.2) is 30.6 Å². The number of rotatable bonds is 4. The van der Waals surface area contributed by atoms with E-state index < -0.39 is 5.82 Å². The van der Waals surface area contributed by atoms with Crippen molar-refractivity contribution >= 4 is 50.6 Å². The van der Waals surface area contributed by atoms with Crippen LogP contribution in [0.2, 0.25) is 5.02 Å². The summed E-state index contributed by atoms with van der Waals surface area (Å²) in [5.74, 6) is 0.305. The summed E-state index contributed by atoms with van der Waals surface area (Å²) in [5.41, 5.74) is 0.515. The number of carbonyl (C=O) groups excluding carboxylic acids is 1. The van der Waals surface area contributed by atoms with Crippen LogP contribution in [0.5, 0.6) is 0 Å². The highest BCUT2D eigenvalue weighted by atomic mass is 35.5. The summed E-state index contributed by atoms with van der Waals surface area (Å²) < 4.78 is 13.3. The molecule has 1 aliphatic heterocycles. The summed E-state index contributed by atoms with van der Waals surface area (Å²) >= 11 is 7.49. The van der Waals surface area contributed by atoms with Crippen molar-refractivity contribution in [2.24, 2.45) is 5.92 Å². The van der Waals surface area contributed by atoms with Gasteiger partial charge in [-0.3, -0.25) is 4.79 Å². The van der Waals surface area contributed by atoms with Gasteiger partial charge in [0.15, 0.2) is 0 Å². The first kappa shape index (κ1) is 19.1. The molecule has 0 atom stereocenters. The number of carbonyl (C=O) groups is 1. The SMILES string of the molecule is CCc1cc2c(N3CCC(C(=O)Nc4ccc(F)c(Cl)c4)CC3)ncnc2s1. The molecule has 3 heterocycles. The number of piperidine rings is 1. The largest absolute Gasteiger partial charge is 0.356 e. The van der Waals surface area contributed by atoms with Gasteiger partial charge in [0.25, 0.3) is 0 Å². The Morgan fingerprint density at radius 3 is 2.82 bits per heavy atom. The highest BCUT2D eigenvalue weighted by molar-refractivity contribution is 7.18. The second kappa shape index (κ2) is 8.01. The van der Waals surface area contributed by atoms with Crippen molar-refractivity contribution in [1.82, 2.24) is 9.97 Å². The number of nitrogens with zero attached hydrogens (tertiary/aromatic N) is 3. The zero-order valence-electron chi connectivity index (χ0n) is 15.4. The molecule has 1 saturated heterocycles. The van der Waals surface area contributed by atoms with Crippen LogP contribution in [-0.2, 0) is 11.2 Å². The number of halogens is 2. The van der Waals surface area contributed by atoms with Crippen LogP contribution in [0.1, 0.15) is 24.6 Å². The van der Waals surface area contributed by atoms with E-state index in [-0.39, 0.29) is 16.8 Å². The summed E-state index contributed by atoms with van der Waals surface area (Å²) in [7, 11) is 0. The maximum Gasteiger partial charge on any atom is 0.227 e. The Hall–Kier alpha value is -2.25. The molecule has 1 N–H and O–H groups in total. The number of amides is 1. The van der Waals surface area contributed by atoms with Crippen molar-refractivity contribution in [2.45, 2.75) is 26.2 Å². The van der Waals surface area contributed by atoms with Crippen LogP contribution in [0.25, 0.3) is 10.2 Å². The van der Waals surface area contributed by atoms with Crippen LogP contribution in [-0.4, -0.2) is 29.0 Å². The summed E-state index contributed by atoms with van der Waals surface area (Å²) in [6.45, 7) is 3.65. The fourth-order valence-electron chi connectivity index (χ4n) is 3.49. The van der Waals surface area contributed by atoms with Crippen molar-refractivity contribution in [3.8, 4) is 0 Å². The maximum absolute atomic E-state index is 13.3. The molecular weight excluding hydrogens is 399 g/mol. The van der Waals surface area contributed by atoms with Gasteiger partial charge in [-0.1, -0.05) is 18.5 Å². The minimum atomic E-state index is -0.496. The third-order valence-corrected chi connectivity index (χ3v) is 6.54. The van der Waals surface area contributed by atoms with Gasteiger partial charge < -0.3 is 10.2 Å². The van der Waals surface area contributed by atoms with Gasteiger partial charge in [0.2, 0.25) is 5.91 Å². The predicted octanol–water partition coefficient (Wildman–Crippen LogP) is 4.90. The van der Waals surface area contributed by atoms with Gasteiger partial charge in [0.1, 0.15) is 22.8 Å². The Labute approximate surface area is 171 Å². The monoisotopic (exact) mass is 418 g/mol. The van der Waals surface area contributed by atoms with Crippen LogP contribution < -0.4 is 10.2 Å². The lowest BCUT2D eigenvalue weighted by molar-refractivity contribution is -0.120. The molecule has 8 heteroatoms. The standard InChI is InChI=1S/C20H20ClFN4OS/c1-2-14-10-15-18(23-11-24-20(15)28-14)26-7-5-12(6-8-26)19(27)25-13-3-4-17(22)16(21)9-13/h3-4,9-12H,2,5-8H2,1H3,(H,25,27). The first-order valence-electron chi connectivity index (χ1n) is 9.29. The van der Waals surface area contributed by atoms with Gasteiger partial charge in [-0.25, -0.2) is 14.4 Å². The summed E-state index contributed by atoms with van der Waals surface area (Å²) in [6.07, 6.45) is 4.06. The third-order valence-electron chi connectivity index (χ3n) is 5.06. The Kier molecular flexibility index (Phi) is 5.46. The van der Waals surface area contributed by atoms with Crippen molar-refractivity contribution in [3.05, 3.63) is 46.3 Å². The number of fused-ring (bicyclic) bond motifs is 1. The molecule has 5 nitrogen and oxygen atoms in total. The average molecular weight is 419 g/mol. The maximum atomic E-state index is 13.3. The van der Waals surface area contributed by atoms with Gasteiger partial charge >= 0.3 is 0 Å². The molecule has 146 valence electrons. The molecule has 2 aromatic heterocycles. The molecule has 0 radical (unpaired) electrons. The van der Waals surface area contributed by atoms with E-state index in [1.165, 1.54) is 23.1 Å². The molecule has 28 heavy (non-hydrogen) atoms. The second-order valence-corrected chi connectivity index (χ2v) is 8.38. The number of aromatic nitrogens is 2. The van der Waals surface area contributed by atoms with E-state index in [2.05, 4.69) is 33.2 Å². The van der Waals surface area contributed by atoms with Crippen LogP contribution >= 0.6 is 22.9 Å². The molecule has 1 fully saturated rings.